The minimum atomic E-state index is -0.894. The van der Waals surface area contributed by atoms with Crippen molar-refractivity contribution in [3.63, 3.8) is 0 Å². The van der Waals surface area contributed by atoms with Gasteiger partial charge in [-0.05, 0) is 43.3 Å². The maximum Gasteiger partial charge on any atom is 0.102 e. The van der Waals surface area contributed by atoms with Gasteiger partial charge in [-0.2, -0.15) is 0 Å². The average Bonchev–Trinajstić information content (AvgIpc) is 2.52. The quantitative estimate of drug-likeness (QED) is 0.599. The van der Waals surface area contributed by atoms with Gasteiger partial charge in [-0.25, -0.2) is 0 Å². The number of rotatable bonds is 3. The van der Waals surface area contributed by atoms with Crippen LogP contribution in [0.3, 0.4) is 0 Å². The third-order valence-corrected chi connectivity index (χ3v) is 6.20. The van der Waals surface area contributed by atoms with Crippen molar-refractivity contribution < 1.29 is 17.0 Å². The second kappa shape index (κ2) is 7.54. The Balaban J connectivity index is 0.00000161. The summed E-state index contributed by atoms with van der Waals surface area (Å²) < 4.78 is 0. The van der Waals surface area contributed by atoms with E-state index < -0.39 is 7.92 Å². The van der Waals surface area contributed by atoms with Gasteiger partial charge >= 0.3 is 0 Å². The molecule has 0 N–H and O–H groups in total. The number of hydrogen-bond acceptors (Lipinski definition) is 0. The van der Waals surface area contributed by atoms with Gasteiger partial charge in [0.25, 0.3) is 0 Å². The Bertz CT molecular complexity index is 623. The van der Waals surface area contributed by atoms with Crippen LogP contribution in [0.2, 0.25) is 0 Å². The molecule has 0 unspecified atom stereocenters. The van der Waals surface area contributed by atoms with Gasteiger partial charge in [-0.15, -0.1) is 0 Å². The molecule has 3 aromatic rings. The fourth-order valence-electron chi connectivity index (χ4n) is 2.43. The predicted octanol–water partition coefficient (Wildman–Crippen LogP) is 0.490. The van der Waals surface area contributed by atoms with E-state index in [2.05, 4.69) is 91.9 Å². The molecule has 0 fully saturated rings. The zero-order valence-corrected chi connectivity index (χ0v) is 14.5. The summed E-state index contributed by atoms with van der Waals surface area (Å²) in [4.78, 5) is 0. The smallest absolute Gasteiger partial charge is 0.102 e. The SMILES string of the molecule is Cc1ccc([PH+](c2ccccc2)c2ccccc2)cc1.[Br-]. The number of hydrogen-bond donors (Lipinski definition) is 0. The Hall–Kier alpha value is -1.43. The van der Waals surface area contributed by atoms with Crippen LogP contribution >= 0.6 is 7.92 Å². The molecule has 2 heteroatoms. The topological polar surface area (TPSA) is 0 Å². The lowest BCUT2D eigenvalue weighted by atomic mass is 10.2. The lowest BCUT2D eigenvalue weighted by molar-refractivity contribution is -0.00000387. The van der Waals surface area contributed by atoms with Crippen LogP contribution in [0.15, 0.2) is 84.9 Å². The number of halogens is 1. The zero-order chi connectivity index (χ0) is 13.8. The first-order valence-electron chi connectivity index (χ1n) is 6.89. The van der Waals surface area contributed by atoms with E-state index in [1.54, 1.807) is 0 Å². The van der Waals surface area contributed by atoms with Crippen molar-refractivity contribution in [2.24, 2.45) is 0 Å². The van der Waals surface area contributed by atoms with Crippen LogP contribution in [-0.2, 0) is 0 Å². The van der Waals surface area contributed by atoms with Crippen LogP contribution in [0, 0.1) is 6.92 Å². The van der Waals surface area contributed by atoms with Gasteiger partial charge in [0.15, 0.2) is 0 Å². The minimum absolute atomic E-state index is 0. The lowest BCUT2D eigenvalue weighted by Gasteiger charge is -2.10. The molecule has 21 heavy (non-hydrogen) atoms. The molecule has 3 rings (SSSR count). The normalized spacial score (nSPS) is 10.2. The standard InChI is InChI=1S/C19H17P.BrH/c1-16-12-14-19(15-13-16)20(17-8-4-2-5-9-17)18-10-6-3-7-11-18;/h2-15H,1H3;1H. The molecule has 0 saturated carbocycles. The van der Waals surface area contributed by atoms with Crippen molar-refractivity contribution in [2.75, 3.05) is 0 Å². The molecule has 0 saturated heterocycles. The van der Waals surface area contributed by atoms with Crippen molar-refractivity contribution in [2.45, 2.75) is 6.92 Å². The predicted molar refractivity (Wildman–Crippen MR) is 91.3 cm³/mol. The lowest BCUT2D eigenvalue weighted by Crippen LogP contribution is -3.00. The highest BCUT2D eigenvalue weighted by Gasteiger charge is 2.24. The molecular formula is C19H18BrP. The summed E-state index contributed by atoms with van der Waals surface area (Å²) >= 11 is 0. The van der Waals surface area contributed by atoms with Gasteiger partial charge < -0.3 is 17.0 Å². The van der Waals surface area contributed by atoms with Gasteiger partial charge in [0, 0.05) is 0 Å². The van der Waals surface area contributed by atoms with Crippen molar-refractivity contribution in [3.05, 3.63) is 90.5 Å². The molecule has 0 atom stereocenters. The van der Waals surface area contributed by atoms with Crippen molar-refractivity contribution in [1.82, 2.24) is 0 Å². The van der Waals surface area contributed by atoms with Gasteiger partial charge in [-0.3, -0.25) is 0 Å². The van der Waals surface area contributed by atoms with Gasteiger partial charge in [0.2, 0.25) is 0 Å². The molecule has 0 radical (unpaired) electrons. The number of aryl methyl sites for hydroxylation is 1. The molecule has 0 heterocycles. The van der Waals surface area contributed by atoms with Gasteiger partial charge in [0.05, 0.1) is 7.92 Å². The third-order valence-electron chi connectivity index (χ3n) is 3.47. The summed E-state index contributed by atoms with van der Waals surface area (Å²) in [5.41, 5.74) is 1.32. The summed E-state index contributed by atoms with van der Waals surface area (Å²) in [7, 11) is -0.894. The molecule has 0 aliphatic rings. The Morgan fingerprint density at radius 1 is 0.524 bits per heavy atom. The molecule has 0 aliphatic heterocycles. The average molecular weight is 357 g/mol. The molecule has 106 valence electrons. The molecule has 0 nitrogen and oxygen atoms in total. The summed E-state index contributed by atoms with van der Waals surface area (Å²) in [6, 6.07) is 30.7. The molecule has 0 bridgehead atoms. The van der Waals surface area contributed by atoms with Crippen molar-refractivity contribution in [3.8, 4) is 0 Å². The first-order valence-corrected chi connectivity index (χ1v) is 8.39. The van der Waals surface area contributed by atoms with E-state index in [1.807, 2.05) is 0 Å². The number of benzene rings is 3. The van der Waals surface area contributed by atoms with E-state index in [-0.39, 0.29) is 17.0 Å². The molecule has 0 spiro atoms. The highest BCUT2D eigenvalue weighted by molar-refractivity contribution is 7.79. The second-order valence-electron chi connectivity index (χ2n) is 4.97. The largest absolute Gasteiger partial charge is 1.00 e. The zero-order valence-electron chi connectivity index (χ0n) is 12.0. The maximum atomic E-state index is 2.28. The highest BCUT2D eigenvalue weighted by atomic mass is 79.9. The van der Waals surface area contributed by atoms with E-state index in [0.717, 1.165) is 0 Å². The van der Waals surface area contributed by atoms with E-state index in [1.165, 1.54) is 21.5 Å². The van der Waals surface area contributed by atoms with E-state index >= 15 is 0 Å². The van der Waals surface area contributed by atoms with Crippen LogP contribution in [0.1, 0.15) is 5.56 Å². The fraction of sp³-hybridized carbons (Fsp3) is 0.0526. The third kappa shape index (κ3) is 3.81. The first kappa shape index (κ1) is 15.9. The Morgan fingerprint density at radius 2 is 0.905 bits per heavy atom. The van der Waals surface area contributed by atoms with E-state index in [9.17, 15) is 0 Å². The Labute approximate surface area is 138 Å². The Morgan fingerprint density at radius 3 is 1.33 bits per heavy atom. The molecule has 0 amide bonds. The molecule has 0 aromatic heterocycles. The summed E-state index contributed by atoms with van der Waals surface area (Å²) in [6.45, 7) is 2.14. The monoisotopic (exact) mass is 356 g/mol. The van der Waals surface area contributed by atoms with Crippen LogP contribution in [-0.4, -0.2) is 0 Å². The Kier molecular flexibility index (Phi) is 5.73. The van der Waals surface area contributed by atoms with Crippen molar-refractivity contribution >= 4 is 23.8 Å². The minimum Gasteiger partial charge on any atom is -1.00 e. The fourth-order valence-corrected chi connectivity index (χ4v) is 4.98. The second-order valence-corrected chi connectivity index (χ2v) is 7.46. The van der Waals surface area contributed by atoms with Crippen LogP contribution in [0.4, 0.5) is 0 Å². The van der Waals surface area contributed by atoms with Gasteiger partial charge in [-0.1, -0.05) is 54.1 Å². The van der Waals surface area contributed by atoms with Crippen molar-refractivity contribution in [1.29, 1.82) is 0 Å². The molecule has 0 aliphatic carbocycles. The van der Waals surface area contributed by atoms with E-state index in [4.69, 9.17) is 0 Å². The van der Waals surface area contributed by atoms with E-state index in [0.29, 0.717) is 0 Å². The summed E-state index contributed by atoms with van der Waals surface area (Å²) in [6.07, 6.45) is 0. The van der Waals surface area contributed by atoms with Crippen LogP contribution < -0.4 is 32.9 Å². The van der Waals surface area contributed by atoms with Crippen LogP contribution in [0.5, 0.6) is 0 Å². The van der Waals surface area contributed by atoms with Crippen LogP contribution in [0.25, 0.3) is 0 Å². The maximum absolute atomic E-state index is 2.28. The first-order chi connectivity index (χ1) is 9.84. The summed E-state index contributed by atoms with van der Waals surface area (Å²) in [5.74, 6) is 0. The summed E-state index contributed by atoms with van der Waals surface area (Å²) in [5, 5.41) is 4.32. The molecule has 3 aromatic carbocycles. The van der Waals surface area contributed by atoms with Gasteiger partial charge in [0.1, 0.15) is 15.9 Å². The molecular weight excluding hydrogens is 339 g/mol. The highest BCUT2D eigenvalue weighted by Crippen LogP contribution is 2.32.